The molecule has 0 radical (unpaired) electrons. The van der Waals surface area contributed by atoms with Crippen LogP contribution in [0.15, 0.2) is 17.0 Å². The maximum Gasteiger partial charge on any atom is 0.307 e. The average molecular weight is 275 g/mol. The first-order valence-electron chi connectivity index (χ1n) is 5.39. The van der Waals surface area contributed by atoms with E-state index < -0.39 is 22.1 Å². The Labute approximate surface area is 104 Å². The van der Waals surface area contributed by atoms with Gasteiger partial charge in [0.15, 0.2) is 0 Å². The number of carboxylic acid groups (broad SMARTS) is 1. The van der Waals surface area contributed by atoms with Gasteiger partial charge in [0.2, 0.25) is 0 Å². The van der Waals surface area contributed by atoms with Crippen molar-refractivity contribution in [1.82, 2.24) is 9.46 Å². The van der Waals surface area contributed by atoms with Crippen LogP contribution < -0.4 is 4.72 Å². The van der Waals surface area contributed by atoms with Crippen molar-refractivity contribution in [2.75, 3.05) is 17.8 Å². The van der Waals surface area contributed by atoms with Crippen molar-refractivity contribution in [2.45, 2.75) is 12.8 Å². The van der Waals surface area contributed by atoms with Crippen molar-refractivity contribution in [3.8, 4) is 0 Å². The summed E-state index contributed by atoms with van der Waals surface area (Å²) in [5.74, 6) is -1.63. The van der Waals surface area contributed by atoms with Gasteiger partial charge in [-0.25, -0.2) is 0 Å². The number of carboxylic acids is 1. The van der Waals surface area contributed by atoms with Crippen molar-refractivity contribution in [2.24, 2.45) is 5.92 Å². The van der Waals surface area contributed by atoms with Crippen molar-refractivity contribution >= 4 is 21.9 Å². The first-order valence-corrected chi connectivity index (χ1v) is 6.83. The lowest BCUT2D eigenvalue weighted by molar-refractivity contribution is -0.142. The van der Waals surface area contributed by atoms with Gasteiger partial charge in [-0.1, -0.05) is 5.16 Å². The molecule has 1 aliphatic heterocycles. The van der Waals surface area contributed by atoms with E-state index in [0.29, 0.717) is 19.4 Å². The van der Waals surface area contributed by atoms with Crippen LogP contribution in [0, 0.1) is 5.92 Å². The van der Waals surface area contributed by atoms with Crippen LogP contribution in [0.1, 0.15) is 12.8 Å². The van der Waals surface area contributed by atoms with Crippen molar-refractivity contribution in [1.29, 1.82) is 0 Å². The van der Waals surface area contributed by atoms with E-state index in [1.165, 1.54) is 6.20 Å². The zero-order valence-electron chi connectivity index (χ0n) is 9.44. The summed E-state index contributed by atoms with van der Waals surface area (Å²) in [7, 11) is -3.75. The summed E-state index contributed by atoms with van der Waals surface area (Å²) in [4.78, 5) is 10.9. The minimum atomic E-state index is -3.75. The van der Waals surface area contributed by atoms with Gasteiger partial charge in [0.1, 0.15) is 12.0 Å². The second kappa shape index (κ2) is 4.94. The van der Waals surface area contributed by atoms with E-state index in [4.69, 9.17) is 5.11 Å². The number of aromatic nitrogens is 1. The molecule has 1 fully saturated rings. The lowest BCUT2D eigenvalue weighted by atomic mass is 10.0. The summed E-state index contributed by atoms with van der Waals surface area (Å²) in [6.07, 6.45) is 3.42. The summed E-state index contributed by atoms with van der Waals surface area (Å²) in [5, 5.41) is 12.3. The van der Waals surface area contributed by atoms with Gasteiger partial charge in [-0.3, -0.25) is 9.52 Å². The number of nitrogens with zero attached hydrogens (tertiary/aromatic N) is 2. The number of anilines is 1. The Morgan fingerprint density at radius 1 is 1.61 bits per heavy atom. The zero-order chi connectivity index (χ0) is 13.2. The Morgan fingerprint density at radius 3 is 3.00 bits per heavy atom. The number of rotatable bonds is 4. The predicted octanol–water partition coefficient (Wildman–Crippen LogP) is 0.128. The third-order valence-corrected chi connectivity index (χ3v) is 4.26. The third kappa shape index (κ3) is 2.79. The molecule has 1 aromatic rings. The smallest absolute Gasteiger partial charge is 0.307 e. The Bertz CT molecular complexity index is 512. The SMILES string of the molecule is O=C(O)C1CCCN(S(=O)(=O)Nc2cnoc2)C1. The zero-order valence-corrected chi connectivity index (χ0v) is 10.3. The normalized spacial score (nSPS) is 21.7. The van der Waals surface area contributed by atoms with E-state index in [1.54, 1.807) is 0 Å². The van der Waals surface area contributed by atoms with E-state index in [-0.39, 0.29) is 12.2 Å². The molecule has 2 rings (SSSR count). The van der Waals surface area contributed by atoms with Crippen LogP contribution in [0.5, 0.6) is 0 Å². The highest BCUT2D eigenvalue weighted by Gasteiger charge is 2.32. The molecule has 0 aliphatic carbocycles. The lowest BCUT2D eigenvalue weighted by Gasteiger charge is -2.29. The monoisotopic (exact) mass is 275 g/mol. The van der Waals surface area contributed by atoms with Crippen LogP contribution in [-0.4, -0.2) is 42.0 Å². The van der Waals surface area contributed by atoms with E-state index in [0.717, 1.165) is 10.6 Å². The van der Waals surface area contributed by atoms with Crippen LogP contribution in [0.2, 0.25) is 0 Å². The van der Waals surface area contributed by atoms with Gasteiger partial charge < -0.3 is 9.63 Å². The largest absolute Gasteiger partial charge is 0.481 e. The number of nitrogens with one attached hydrogen (secondary N) is 1. The summed E-state index contributed by atoms with van der Waals surface area (Å²) in [6.45, 7) is 0.292. The molecule has 0 aromatic carbocycles. The second-order valence-corrected chi connectivity index (χ2v) is 5.73. The van der Waals surface area contributed by atoms with E-state index in [2.05, 4.69) is 14.4 Å². The van der Waals surface area contributed by atoms with Crippen molar-refractivity contribution in [3.05, 3.63) is 12.5 Å². The van der Waals surface area contributed by atoms with Gasteiger partial charge in [-0.05, 0) is 12.8 Å². The van der Waals surface area contributed by atoms with Crippen LogP contribution >= 0.6 is 0 Å². The number of hydrogen-bond donors (Lipinski definition) is 2. The van der Waals surface area contributed by atoms with Gasteiger partial charge in [0.25, 0.3) is 0 Å². The summed E-state index contributed by atoms with van der Waals surface area (Å²) < 4.78 is 31.9. The Balaban J connectivity index is 2.07. The van der Waals surface area contributed by atoms with Crippen molar-refractivity contribution < 1.29 is 22.8 Å². The second-order valence-electron chi connectivity index (χ2n) is 4.06. The molecule has 2 N–H and O–H groups in total. The molecule has 0 spiro atoms. The van der Waals surface area contributed by atoms with E-state index in [9.17, 15) is 13.2 Å². The van der Waals surface area contributed by atoms with Gasteiger partial charge in [-0.15, -0.1) is 0 Å². The molecular formula is C9H13N3O5S. The quantitative estimate of drug-likeness (QED) is 0.807. The van der Waals surface area contributed by atoms with Crippen LogP contribution in [0.3, 0.4) is 0 Å². The highest BCUT2D eigenvalue weighted by molar-refractivity contribution is 7.90. The molecule has 2 heterocycles. The molecule has 1 saturated heterocycles. The molecule has 1 unspecified atom stereocenters. The van der Waals surface area contributed by atoms with E-state index in [1.807, 2.05) is 0 Å². The fourth-order valence-corrected chi connectivity index (χ4v) is 3.10. The maximum absolute atomic E-state index is 12.0. The van der Waals surface area contributed by atoms with E-state index >= 15 is 0 Å². The van der Waals surface area contributed by atoms with Crippen LogP contribution in [0.25, 0.3) is 0 Å². The Morgan fingerprint density at radius 2 is 2.39 bits per heavy atom. The maximum atomic E-state index is 12.0. The standard InChI is InChI=1S/C9H13N3O5S/c13-9(14)7-2-1-3-12(5-7)18(15,16)11-8-4-10-17-6-8/h4,6-7,11H,1-3,5H2,(H,13,14). The number of aliphatic carboxylic acids is 1. The van der Waals surface area contributed by atoms with Gasteiger partial charge in [0.05, 0.1) is 12.1 Å². The molecule has 1 aliphatic rings. The number of piperidine rings is 1. The molecule has 100 valence electrons. The fraction of sp³-hybridized carbons (Fsp3) is 0.556. The highest BCUT2D eigenvalue weighted by atomic mass is 32.2. The molecule has 1 aromatic heterocycles. The minimum absolute atomic E-state index is 0.0179. The van der Waals surface area contributed by atoms with Crippen LogP contribution in [-0.2, 0) is 15.0 Å². The molecule has 9 heteroatoms. The molecular weight excluding hydrogens is 262 g/mol. The lowest BCUT2D eigenvalue weighted by Crippen LogP contribution is -2.44. The summed E-state index contributed by atoms with van der Waals surface area (Å²) in [6, 6.07) is 0. The average Bonchev–Trinajstić information content (AvgIpc) is 2.81. The fourth-order valence-electron chi connectivity index (χ4n) is 1.83. The molecule has 0 saturated carbocycles. The topological polar surface area (TPSA) is 113 Å². The first kappa shape index (κ1) is 12.8. The Hall–Kier alpha value is -1.61. The number of hydrogen-bond acceptors (Lipinski definition) is 5. The molecule has 18 heavy (non-hydrogen) atoms. The third-order valence-electron chi connectivity index (χ3n) is 2.75. The first-order chi connectivity index (χ1) is 8.49. The summed E-state index contributed by atoms with van der Waals surface area (Å²) in [5.41, 5.74) is 0.215. The van der Waals surface area contributed by atoms with Crippen LogP contribution in [0.4, 0.5) is 5.69 Å². The molecule has 0 bridgehead atoms. The molecule has 1 atom stereocenters. The van der Waals surface area contributed by atoms with Gasteiger partial charge >= 0.3 is 16.2 Å². The number of carbonyl (C=O) groups is 1. The van der Waals surface area contributed by atoms with Crippen molar-refractivity contribution in [3.63, 3.8) is 0 Å². The predicted molar refractivity (Wildman–Crippen MR) is 61.0 cm³/mol. The molecule has 0 amide bonds. The highest BCUT2D eigenvalue weighted by Crippen LogP contribution is 2.20. The van der Waals surface area contributed by atoms with Gasteiger partial charge in [0, 0.05) is 13.1 Å². The Kier molecular flexibility index (Phi) is 3.53. The summed E-state index contributed by atoms with van der Waals surface area (Å²) >= 11 is 0. The minimum Gasteiger partial charge on any atom is -0.481 e. The van der Waals surface area contributed by atoms with Gasteiger partial charge in [-0.2, -0.15) is 12.7 Å². The molecule has 8 nitrogen and oxygen atoms in total.